The van der Waals surface area contributed by atoms with Gasteiger partial charge in [-0.15, -0.1) is 0 Å². The standard InChI is InChI=1S/C15H24O/c1-10-8-12(16)9-15(5)11(2)6-7-13(10)14(15,3)4/h6,12-13,16H,1,7-9H2,2-5H3/t12-,13+,15+/m1/s1. The number of allylic oxidation sites excluding steroid dienone is 2. The number of aliphatic hydroxyl groups excluding tert-OH is 1. The van der Waals surface area contributed by atoms with E-state index in [2.05, 4.69) is 40.3 Å². The van der Waals surface area contributed by atoms with Crippen molar-refractivity contribution in [3.63, 3.8) is 0 Å². The first kappa shape index (κ1) is 11.9. The predicted molar refractivity (Wildman–Crippen MR) is 68.1 cm³/mol. The summed E-state index contributed by atoms with van der Waals surface area (Å²) in [7, 11) is 0. The van der Waals surface area contributed by atoms with Crippen molar-refractivity contribution >= 4 is 0 Å². The maximum Gasteiger partial charge on any atom is 0.0585 e. The fourth-order valence-electron chi connectivity index (χ4n) is 3.80. The third kappa shape index (κ3) is 1.41. The van der Waals surface area contributed by atoms with Crippen LogP contribution in [-0.2, 0) is 0 Å². The van der Waals surface area contributed by atoms with Gasteiger partial charge >= 0.3 is 0 Å². The monoisotopic (exact) mass is 220 g/mol. The molecule has 0 amide bonds. The highest BCUT2D eigenvalue weighted by atomic mass is 16.3. The molecule has 1 saturated carbocycles. The summed E-state index contributed by atoms with van der Waals surface area (Å²) in [6, 6.07) is 0. The average molecular weight is 220 g/mol. The zero-order valence-corrected chi connectivity index (χ0v) is 11.0. The third-order valence-electron chi connectivity index (χ3n) is 5.46. The SMILES string of the molecule is C=C1C[C@@H](O)C[C@@]2(C)C(C)=CC[C@@H]1C2(C)C. The number of hydrogen-bond donors (Lipinski definition) is 1. The van der Waals surface area contributed by atoms with Gasteiger partial charge in [0, 0.05) is 0 Å². The van der Waals surface area contributed by atoms with Crippen molar-refractivity contribution < 1.29 is 5.11 Å². The molecule has 0 aromatic heterocycles. The highest BCUT2D eigenvalue weighted by Crippen LogP contribution is 2.60. The van der Waals surface area contributed by atoms with E-state index in [1.54, 1.807) is 0 Å². The Labute approximate surface area is 99.3 Å². The van der Waals surface area contributed by atoms with Gasteiger partial charge in [-0.05, 0) is 42.9 Å². The van der Waals surface area contributed by atoms with Crippen LogP contribution in [0.3, 0.4) is 0 Å². The molecular formula is C15H24O. The lowest BCUT2D eigenvalue weighted by Gasteiger charge is -2.52. The topological polar surface area (TPSA) is 20.2 Å². The minimum absolute atomic E-state index is 0.120. The van der Waals surface area contributed by atoms with E-state index in [1.165, 1.54) is 11.1 Å². The van der Waals surface area contributed by atoms with Crippen LogP contribution < -0.4 is 0 Å². The molecular weight excluding hydrogens is 196 g/mol. The molecule has 0 aromatic carbocycles. The second-order valence-electron chi connectivity index (χ2n) is 6.45. The minimum atomic E-state index is -0.219. The van der Waals surface area contributed by atoms with Crippen LogP contribution in [0.4, 0.5) is 0 Å². The summed E-state index contributed by atoms with van der Waals surface area (Å²) in [4.78, 5) is 0. The molecule has 90 valence electrons. The van der Waals surface area contributed by atoms with Crippen LogP contribution in [0.2, 0.25) is 0 Å². The number of fused-ring (bicyclic) bond motifs is 2. The first-order valence-electron chi connectivity index (χ1n) is 6.32. The summed E-state index contributed by atoms with van der Waals surface area (Å²) in [6.45, 7) is 13.4. The lowest BCUT2D eigenvalue weighted by atomic mass is 9.52. The third-order valence-corrected chi connectivity index (χ3v) is 5.46. The summed E-state index contributed by atoms with van der Waals surface area (Å²) in [6.07, 6.45) is 4.89. The van der Waals surface area contributed by atoms with Gasteiger partial charge in [0.25, 0.3) is 0 Å². The van der Waals surface area contributed by atoms with Crippen molar-refractivity contribution in [2.75, 3.05) is 0 Å². The normalized spacial score (nSPS) is 42.6. The molecule has 1 heteroatoms. The lowest BCUT2D eigenvalue weighted by molar-refractivity contribution is 0.0324. The summed E-state index contributed by atoms with van der Waals surface area (Å²) in [5.74, 6) is 0.526. The Kier molecular flexibility index (Phi) is 2.58. The fourth-order valence-corrected chi connectivity index (χ4v) is 3.80. The summed E-state index contributed by atoms with van der Waals surface area (Å²) in [5.41, 5.74) is 3.02. The second-order valence-corrected chi connectivity index (χ2v) is 6.45. The van der Waals surface area contributed by atoms with Gasteiger partial charge in [-0.2, -0.15) is 0 Å². The van der Waals surface area contributed by atoms with Crippen LogP contribution in [0.25, 0.3) is 0 Å². The molecule has 0 heterocycles. The van der Waals surface area contributed by atoms with E-state index < -0.39 is 0 Å². The Morgan fingerprint density at radius 1 is 1.38 bits per heavy atom. The van der Waals surface area contributed by atoms with Crippen molar-refractivity contribution in [2.24, 2.45) is 16.7 Å². The van der Waals surface area contributed by atoms with Gasteiger partial charge in [0.2, 0.25) is 0 Å². The van der Waals surface area contributed by atoms with Crippen LogP contribution in [0.5, 0.6) is 0 Å². The highest BCUT2D eigenvalue weighted by Gasteiger charge is 2.52. The number of rotatable bonds is 0. The fraction of sp³-hybridized carbons (Fsp3) is 0.733. The number of hydrogen-bond acceptors (Lipinski definition) is 1. The summed E-state index contributed by atoms with van der Waals surface area (Å²) >= 11 is 0. The van der Waals surface area contributed by atoms with E-state index in [9.17, 15) is 5.11 Å². The molecule has 3 atom stereocenters. The van der Waals surface area contributed by atoms with Gasteiger partial charge in [0.15, 0.2) is 0 Å². The molecule has 16 heavy (non-hydrogen) atoms. The molecule has 2 aliphatic rings. The molecule has 0 saturated heterocycles. The van der Waals surface area contributed by atoms with E-state index in [4.69, 9.17) is 0 Å². The first-order chi connectivity index (χ1) is 7.29. The largest absolute Gasteiger partial charge is 0.393 e. The van der Waals surface area contributed by atoms with Crippen molar-refractivity contribution in [2.45, 2.75) is 53.1 Å². The van der Waals surface area contributed by atoms with Crippen molar-refractivity contribution in [3.8, 4) is 0 Å². The van der Waals surface area contributed by atoms with Crippen LogP contribution in [0.15, 0.2) is 23.8 Å². The van der Waals surface area contributed by atoms with Gasteiger partial charge in [0.05, 0.1) is 6.10 Å². The van der Waals surface area contributed by atoms with E-state index in [0.717, 1.165) is 19.3 Å². The van der Waals surface area contributed by atoms with Crippen LogP contribution in [0.1, 0.15) is 47.0 Å². The number of aliphatic hydroxyl groups is 1. The zero-order valence-electron chi connectivity index (χ0n) is 11.0. The Bertz CT molecular complexity index is 350. The molecule has 1 nitrogen and oxygen atoms in total. The van der Waals surface area contributed by atoms with Gasteiger partial charge in [-0.25, -0.2) is 0 Å². The van der Waals surface area contributed by atoms with Crippen LogP contribution in [0, 0.1) is 16.7 Å². The molecule has 0 spiro atoms. The van der Waals surface area contributed by atoms with Gasteiger partial charge in [-0.1, -0.05) is 44.6 Å². The lowest BCUT2D eigenvalue weighted by Crippen LogP contribution is -2.44. The maximum absolute atomic E-state index is 10.1. The van der Waals surface area contributed by atoms with Gasteiger partial charge < -0.3 is 5.11 Å². The predicted octanol–water partition coefficient (Wildman–Crippen LogP) is 3.70. The molecule has 0 aromatic rings. The highest BCUT2D eigenvalue weighted by molar-refractivity contribution is 5.28. The molecule has 1 N–H and O–H groups in total. The van der Waals surface area contributed by atoms with Crippen molar-refractivity contribution in [3.05, 3.63) is 23.8 Å². The maximum atomic E-state index is 10.1. The van der Waals surface area contributed by atoms with E-state index in [-0.39, 0.29) is 16.9 Å². The molecule has 2 bridgehead atoms. The van der Waals surface area contributed by atoms with Crippen molar-refractivity contribution in [1.82, 2.24) is 0 Å². The summed E-state index contributed by atoms with van der Waals surface area (Å²) in [5, 5.41) is 10.1. The zero-order chi connectivity index (χ0) is 12.1. The minimum Gasteiger partial charge on any atom is -0.393 e. The van der Waals surface area contributed by atoms with E-state index >= 15 is 0 Å². The van der Waals surface area contributed by atoms with Gasteiger partial charge in [0.1, 0.15) is 0 Å². The quantitative estimate of drug-likeness (QED) is 0.617. The summed E-state index contributed by atoms with van der Waals surface area (Å²) < 4.78 is 0. The van der Waals surface area contributed by atoms with E-state index in [0.29, 0.717) is 5.92 Å². The molecule has 2 rings (SSSR count). The Morgan fingerprint density at radius 3 is 2.62 bits per heavy atom. The molecule has 0 radical (unpaired) electrons. The molecule has 0 unspecified atom stereocenters. The van der Waals surface area contributed by atoms with E-state index in [1.807, 2.05) is 0 Å². The Hall–Kier alpha value is -0.560. The van der Waals surface area contributed by atoms with Crippen LogP contribution in [-0.4, -0.2) is 11.2 Å². The smallest absolute Gasteiger partial charge is 0.0585 e. The first-order valence-corrected chi connectivity index (χ1v) is 6.32. The molecule has 0 aliphatic heterocycles. The second kappa shape index (κ2) is 3.46. The Balaban J connectivity index is 2.55. The van der Waals surface area contributed by atoms with Crippen molar-refractivity contribution in [1.29, 1.82) is 0 Å². The average Bonchev–Trinajstić information content (AvgIpc) is 2.18. The van der Waals surface area contributed by atoms with Crippen LogP contribution >= 0.6 is 0 Å². The molecule has 1 fully saturated rings. The molecule has 2 aliphatic carbocycles. The van der Waals surface area contributed by atoms with Gasteiger partial charge in [-0.3, -0.25) is 0 Å². The Morgan fingerprint density at radius 2 is 2.00 bits per heavy atom.